The lowest BCUT2D eigenvalue weighted by atomic mass is 10.1. The molecule has 0 spiro atoms. The van der Waals surface area contributed by atoms with Crippen molar-refractivity contribution in [2.24, 2.45) is 0 Å². The number of carbonyl (C=O) groups is 1. The Balaban J connectivity index is 1.33. The van der Waals surface area contributed by atoms with Crippen LogP contribution in [0.25, 0.3) is 6.08 Å². The Hall–Kier alpha value is -2.70. The molecule has 1 amide bonds. The fourth-order valence-corrected chi connectivity index (χ4v) is 3.44. The van der Waals surface area contributed by atoms with Gasteiger partial charge in [-0.3, -0.25) is 4.79 Å². The third kappa shape index (κ3) is 4.58. The molecule has 2 aromatic rings. The normalized spacial score (nSPS) is 16.3. The zero-order valence-electron chi connectivity index (χ0n) is 15.2. The molecule has 0 bridgehead atoms. The van der Waals surface area contributed by atoms with Crippen molar-refractivity contribution in [1.82, 2.24) is 0 Å². The minimum atomic E-state index is -0.223. The summed E-state index contributed by atoms with van der Waals surface area (Å²) >= 11 is 6.15. The van der Waals surface area contributed by atoms with Gasteiger partial charge in [0.1, 0.15) is 0 Å². The fraction of sp³-hybridized carbons (Fsp3) is 0.286. The van der Waals surface area contributed by atoms with Crippen molar-refractivity contribution >= 4 is 35.0 Å². The standard InChI is InChI=1S/C21H21ClN2O4/c22-18-11-14(12-19-21(18)28-13-27-19)1-6-20(25)24-16-4-2-15(3-5-16)23-17-7-9-26-10-8-17/h1-6,11-12,17,23H,7-10,13H2,(H,24,25)/b6-1+. The molecule has 2 heterocycles. The van der Waals surface area contributed by atoms with Crippen molar-refractivity contribution in [3.8, 4) is 11.5 Å². The molecule has 0 unspecified atom stereocenters. The van der Waals surface area contributed by atoms with Gasteiger partial charge in [0, 0.05) is 36.7 Å². The highest BCUT2D eigenvalue weighted by molar-refractivity contribution is 6.32. The molecule has 1 fully saturated rings. The summed E-state index contributed by atoms with van der Waals surface area (Å²) in [5, 5.41) is 6.80. The van der Waals surface area contributed by atoms with Crippen molar-refractivity contribution in [3.63, 3.8) is 0 Å². The molecule has 6 nitrogen and oxygen atoms in total. The molecule has 4 rings (SSSR count). The topological polar surface area (TPSA) is 68.8 Å². The van der Waals surface area contributed by atoms with Crippen LogP contribution >= 0.6 is 11.6 Å². The summed E-state index contributed by atoms with van der Waals surface area (Å²) in [6, 6.07) is 11.6. The average molecular weight is 401 g/mol. The molecule has 28 heavy (non-hydrogen) atoms. The number of rotatable bonds is 5. The van der Waals surface area contributed by atoms with Gasteiger partial charge in [0.15, 0.2) is 11.5 Å². The number of benzene rings is 2. The van der Waals surface area contributed by atoms with Crippen LogP contribution in [0.1, 0.15) is 18.4 Å². The lowest BCUT2D eigenvalue weighted by Gasteiger charge is -2.24. The van der Waals surface area contributed by atoms with Crippen molar-refractivity contribution in [2.75, 3.05) is 30.6 Å². The summed E-state index contributed by atoms with van der Waals surface area (Å²) in [4.78, 5) is 12.2. The second-order valence-electron chi connectivity index (χ2n) is 6.67. The van der Waals surface area contributed by atoms with Gasteiger partial charge in [-0.25, -0.2) is 0 Å². The fourth-order valence-electron chi connectivity index (χ4n) is 3.17. The molecule has 2 aliphatic heterocycles. The number of fused-ring (bicyclic) bond motifs is 1. The molecule has 0 atom stereocenters. The number of hydrogen-bond donors (Lipinski definition) is 2. The van der Waals surface area contributed by atoms with Gasteiger partial charge >= 0.3 is 0 Å². The van der Waals surface area contributed by atoms with Gasteiger partial charge in [0.05, 0.1) is 5.02 Å². The van der Waals surface area contributed by atoms with E-state index in [0.29, 0.717) is 22.6 Å². The lowest BCUT2D eigenvalue weighted by molar-refractivity contribution is -0.111. The number of halogens is 1. The van der Waals surface area contributed by atoms with Crippen molar-refractivity contribution < 1.29 is 19.0 Å². The highest BCUT2D eigenvalue weighted by Crippen LogP contribution is 2.40. The Morgan fingerprint density at radius 1 is 1.07 bits per heavy atom. The summed E-state index contributed by atoms with van der Waals surface area (Å²) in [7, 11) is 0. The maximum absolute atomic E-state index is 12.2. The summed E-state index contributed by atoms with van der Waals surface area (Å²) in [5.41, 5.74) is 2.53. The SMILES string of the molecule is O=C(/C=C/c1cc(Cl)c2c(c1)OCO2)Nc1ccc(NC2CCOCC2)cc1. The maximum atomic E-state index is 12.2. The summed E-state index contributed by atoms with van der Waals surface area (Å²) in [6.45, 7) is 1.75. The highest BCUT2D eigenvalue weighted by Gasteiger charge is 2.17. The van der Waals surface area contributed by atoms with E-state index in [0.717, 1.165) is 43.0 Å². The van der Waals surface area contributed by atoms with E-state index in [1.165, 1.54) is 6.08 Å². The highest BCUT2D eigenvalue weighted by atomic mass is 35.5. The van der Waals surface area contributed by atoms with Crippen molar-refractivity contribution in [1.29, 1.82) is 0 Å². The van der Waals surface area contributed by atoms with Gasteiger partial charge in [0.25, 0.3) is 0 Å². The van der Waals surface area contributed by atoms with Crippen LogP contribution in [0.4, 0.5) is 11.4 Å². The molecule has 7 heteroatoms. The monoisotopic (exact) mass is 400 g/mol. The lowest BCUT2D eigenvalue weighted by Crippen LogP contribution is -2.27. The Bertz CT molecular complexity index is 877. The molecule has 0 radical (unpaired) electrons. The van der Waals surface area contributed by atoms with Gasteiger partial charge in [-0.1, -0.05) is 11.6 Å². The first-order chi connectivity index (χ1) is 13.7. The Morgan fingerprint density at radius 2 is 1.82 bits per heavy atom. The van der Waals surface area contributed by atoms with Gasteiger partial charge in [-0.2, -0.15) is 0 Å². The second kappa shape index (κ2) is 8.54. The van der Waals surface area contributed by atoms with Crippen LogP contribution in [0.5, 0.6) is 11.5 Å². The molecule has 0 saturated carbocycles. The molecular formula is C21H21ClN2O4. The summed E-state index contributed by atoms with van der Waals surface area (Å²) < 4.78 is 16.0. The van der Waals surface area contributed by atoms with Gasteiger partial charge in [-0.05, 0) is 60.9 Å². The van der Waals surface area contributed by atoms with E-state index >= 15 is 0 Å². The van der Waals surface area contributed by atoms with Crippen LogP contribution < -0.4 is 20.1 Å². The second-order valence-corrected chi connectivity index (χ2v) is 7.07. The molecule has 0 aliphatic carbocycles. The molecule has 2 N–H and O–H groups in total. The van der Waals surface area contributed by atoms with E-state index in [1.54, 1.807) is 18.2 Å². The zero-order valence-corrected chi connectivity index (χ0v) is 16.0. The van der Waals surface area contributed by atoms with E-state index in [1.807, 2.05) is 24.3 Å². The van der Waals surface area contributed by atoms with Gasteiger partial charge in [-0.15, -0.1) is 0 Å². The van der Waals surface area contributed by atoms with Crippen LogP contribution in [0.3, 0.4) is 0 Å². The number of ether oxygens (including phenoxy) is 3. The van der Waals surface area contributed by atoms with E-state index in [4.69, 9.17) is 25.8 Å². The number of anilines is 2. The van der Waals surface area contributed by atoms with Gasteiger partial charge < -0.3 is 24.8 Å². The van der Waals surface area contributed by atoms with E-state index < -0.39 is 0 Å². The third-order valence-corrected chi connectivity index (χ3v) is 4.90. The van der Waals surface area contributed by atoms with E-state index in [9.17, 15) is 4.79 Å². The van der Waals surface area contributed by atoms with Crippen molar-refractivity contribution in [2.45, 2.75) is 18.9 Å². The van der Waals surface area contributed by atoms with Crippen LogP contribution in [0, 0.1) is 0 Å². The van der Waals surface area contributed by atoms with Gasteiger partial charge in [0.2, 0.25) is 12.7 Å². The average Bonchev–Trinajstić information content (AvgIpc) is 3.18. The molecule has 1 saturated heterocycles. The summed E-state index contributed by atoms with van der Waals surface area (Å²) in [6.07, 6.45) is 5.16. The zero-order chi connectivity index (χ0) is 19.3. The van der Waals surface area contributed by atoms with E-state index in [-0.39, 0.29) is 12.7 Å². The largest absolute Gasteiger partial charge is 0.454 e. The smallest absolute Gasteiger partial charge is 0.248 e. The Labute approximate surface area is 168 Å². The summed E-state index contributed by atoms with van der Waals surface area (Å²) in [5.74, 6) is 0.900. The van der Waals surface area contributed by atoms with Crippen LogP contribution in [-0.2, 0) is 9.53 Å². The first-order valence-electron chi connectivity index (χ1n) is 9.20. The Kier molecular flexibility index (Phi) is 5.69. The van der Waals surface area contributed by atoms with Crippen molar-refractivity contribution in [3.05, 3.63) is 53.1 Å². The predicted molar refractivity (Wildman–Crippen MR) is 109 cm³/mol. The minimum absolute atomic E-state index is 0.155. The molecule has 2 aromatic carbocycles. The first-order valence-corrected chi connectivity index (χ1v) is 9.58. The predicted octanol–water partition coefficient (Wildman–Crippen LogP) is 4.31. The van der Waals surface area contributed by atoms with Crippen LogP contribution in [0.2, 0.25) is 5.02 Å². The number of amides is 1. The quantitative estimate of drug-likeness (QED) is 0.732. The van der Waals surface area contributed by atoms with E-state index in [2.05, 4.69) is 10.6 Å². The number of carbonyl (C=O) groups excluding carboxylic acids is 1. The van der Waals surface area contributed by atoms with Crippen LogP contribution in [-0.4, -0.2) is 32.0 Å². The first kappa shape index (κ1) is 18.7. The minimum Gasteiger partial charge on any atom is -0.454 e. The molecule has 2 aliphatic rings. The van der Waals surface area contributed by atoms with Crippen LogP contribution in [0.15, 0.2) is 42.5 Å². The molecule has 146 valence electrons. The number of nitrogens with one attached hydrogen (secondary N) is 2. The molecule has 0 aromatic heterocycles. The Morgan fingerprint density at radius 3 is 2.61 bits per heavy atom. The number of hydrogen-bond acceptors (Lipinski definition) is 5. The maximum Gasteiger partial charge on any atom is 0.248 e. The third-order valence-electron chi connectivity index (χ3n) is 4.62. The molecular weight excluding hydrogens is 380 g/mol.